The van der Waals surface area contributed by atoms with Crippen molar-refractivity contribution in [2.75, 3.05) is 19.5 Å². The van der Waals surface area contributed by atoms with Gasteiger partial charge in [-0.1, -0.05) is 30.3 Å². The summed E-state index contributed by atoms with van der Waals surface area (Å²) in [5.74, 6) is 0.435. The maximum Gasteiger partial charge on any atom is 0.278 e. The molecule has 7 nitrogen and oxygen atoms in total. The van der Waals surface area contributed by atoms with Gasteiger partial charge in [-0.2, -0.15) is 0 Å². The van der Waals surface area contributed by atoms with Crippen LogP contribution in [0.3, 0.4) is 0 Å². The van der Waals surface area contributed by atoms with E-state index in [1.54, 1.807) is 69.1 Å². The Bertz CT molecular complexity index is 1140. The van der Waals surface area contributed by atoms with Crippen LogP contribution in [0.2, 0.25) is 0 Å². The van der Waals surface area contributed by atoms with E-state index in [0.29, 0.717) is 28.3 Å². The highest BCUT2D eigenvalue weighted by molar-refractivity contribution is 6.36. The van der Waals surface area contributed by atoms with E-state index in [4.69, 9.17) is 9.47 Å². The monoisotopic (exact) mass is 415 g/mol. The Morgan fingerprint density at radius 2 is 1.68 bits per heavy atom. The van der Waals surface area contributed by atoms with Gasteiger partial charge in [0.1, 0.15) is 17.2 Å². The van der Waals surface area contributed by atoms with Gasteiger partial charge in [0.2, 0.25) is 0 Å². The molecule has 7 heteroatoms. The van der Waals surface area contributed by atoms with E-state index in [0.717, 1.165) is 5.56 Å². The number of hydrogen-bond acceptors (Lipinski definition) is 6. The lowest BCUT2D eigenvalue weighted by atomic mass is 10.0. The summed E-state index contributed by atoms with van der Waals surface area (Å²) in [7, 11) is 3.12. The van der Waals surface area contributed by atoms with E-state index >= 15 is 0 Å². The fourth-order valence-corrected chi connectivity index (χ4v) is 3.42. The minimum Gasteiger partial charge on any atom is -0.497 e. The summed E-state index contributed by atoms with van der Waals surface area (Å²) in [6, 6.07) is 17.9. The van der Waals surface area contributed by atoms with E-state index in [1.807, 2.05) is 18.2 Å². The molecule has 0 spiro atoms. The summed E-state index contributed by atoms with van der Waals surface area (Å²) in [4.78, 5) is 32.0. The highest BCUT2D eigenvalue weighted by Crippen LogP contribution is 2.34. The molecule has 0 unspecified atom stereocenters. The number of methoxy groups -OCH3 is 2. The molecule has 1 aliphatic rings. The lowest BCUT2D eigenvalue weighted by molar-refractivity contribution is -0.137. The van der Waals surface area contributed by atoms with E-state index in [1.165, 1.54) is 4.90 Å². The second-order valence-electron chi connectivity index (χ2n) is 6.86. The Hall–Kier alpha value is -4.13. The van der Waals surface area contributed by atoms with Crippen molar-refractivity contribution in [3.8, 4) is 11.5 Å². The summed E-state index contributed by atoms with van der Waals surface area (Å²) >= 11 is 0. The topological polar surface area (TPSA) is 80.8 Å². The highest BCUT2D eigenvalue weighted by Gasteiger charge is 2.39. The van der Waals surface area contributed by atoms with Gasteiger partial charge in [-0.3, -0.25) is 19.5 Å². The zero-order chi connectivity index (χ0) is 21.8. The van der Waals surface area contributed by atoms with Crippen molar-refractivity contribution in [1.82, 2.24) is 9.88 Å². The third-order valence-corrected chi connectivity index (χ3v) is 4.98. The van der Waals surface area contributed by atoms with Crippen LogP contribution in [0.1, 0.15) is 11.1 Å². The molecule has 0 saturated heterocycles. The molecule has 0 bridgehead atoms. The molecule has 0 saturated carbocycles. The fourth-order valence-electron chi connectivity index (χ4n) is 3.42. The van der Waals surface area contributed by atoms with Gasteiger partial charge in [-0.05, 0) is 41.5 Å². The first kappa shape index (κ1) is 20.2. The van der Waals surface area contributed by atoms with Crippen molar-refractivity contribution in [3.63, 3.8) is 0 Å². The molecule has 3 aromatic rings. The van der Waals surface area contributed by atoms with Crippen LogP contribution in [-0.2, 0) is 16.1 Å². The van der Waals surface area contributed by atoms with Crippen molar-refractivity contribution in [2.24, 2.45) is 0 Å². The van der Waals surface area contributed by atoms with Crippen LogP contribution in [0.4, 0.5) is 5.69 Å². The smallest absolute Gasteiger partial charge is 0.278 e. The summed E-state index contributed by atoms with van der Waals surface area (Å²) in [6.07, 6.45) is 3.28. The second-order valence-corrected chi connectivity index (χ2v) is 6.86. The number of carbonyl (C=O) groups excluding carboxylic acids is 2. The number of para-hydroxylation sites is 2. The van der Waals surface area contributed by atoms with E-state index in [2.05, 4.69) is 10.3 Å². The molecule has 0 aliphatic carbocycles. The SMILES string of the molecule is COc1ccc(C2=C(Nc3ccccc3OC)C(=O)N(Cc3cccnc3)C2=O)cc1. The molecular formula is C24H21N3O4. The van der Waals surface area contributed by atoms with E-state index in [-0.39, 0.29) is 18.1 Å². The average molecular weight is 415 g/mol. The van der Waals surface area contributed by atoms with Gasteiger partial charge < -0.3 is 14.8 Å². The maximum absolute atomic E-state index is 13.4. The Morgan fingerprint density at radius 3 is 2.35 bits per heavy atom. The van der Waals surface area contributed by atoms with Crippen LogP contribution in [-0.4, -0.2) is 35.9 Å². The predicted molar refractivity (Wildman–Crippen MR) is 116 cm³/mol. The van der Waals surface area contributed by atoms with Crippen LogP contribution >= 0.6 is 0 Å². The van der Waals surface area contributed by atoms with Gasteiger partial charge in [-0.25, -0.2) is 0 Å². The molecule has 0 fully saturated rings. The first-order valence-corrected chi connectivity index (χ1v) is 9.66. The van der Waals surface area contributed by atoms with Crippen molar-refractivity contribution >= 4 is 23.1 Å². The van der Waals surface area contributed by atoms with Crippen LogP contribution in [0.5, 0.6) is 11.5 Å². The summed E-state index contributed by atoms with van der Waals surface area (Å²) in [5, 5.41) is 3.13. The molecule has 31 heavy (non-hydrogen) atoms. The number of hydrogen-bond donors (Lipinski definition) is 1. The minimum atomic E-state index is -0.412. The van der Waals surface area contributed by atoms with Crippen LogP contribution in [0, 0.1) is 0 Å². The number of rotatable bonds is 7. The Balaban J connectivity index is 1.76. The van der Waals surface area contributed by atoms with Crippen molar-refractivity contribution in [3.05, 3.63) is 89.9 Å². The number of aromatic nitrogens is 1. The number of nitrogens with zero attached hydrogens (tertiary/aromatic N) is 2. The molecule has 4 rings (SSSR count). The van der Waals surface area contributed by atoms with Gasteiger partial charge in [0, 0.05) is 12.4 Å². The van der Waals surface area contributed by atoms with Crippen molar-refractivity contribution < 1.29 is 19.1 Å². The van der Waals surface area contributed by atoms with Gasteiger partial charge >= 0.3 is 0 Å². The number of anilines is 1. The van der Waals surface area contributed by atoms with Crippen LogP contribution < -0.4 is 14.8 Å². The normalized spacial score (nSPS) is 13.5. The molecule has 1 aliphatic heterocycles. The highest BCUT2D eigenvalue weighted by atomic mass is 16.5. The van der Waals surface area contributed by atoms with Gasteiger partial charge in [-0.15, -0.1) is 0 Å². The van der Waals surface area contributed by atoms with E-state index in [9.17, 15) is 9.59 Å². The number of ether oxygens (including phenoxy) is 2. The number of imide groups is 1. The third-order valence-electron chi connectivity index (χ3n) is 4.98. The van der Waals surface area contributed by atoms with Crippen LogP contribution in [0.25, 0.3) is 5.57 Å². The summed E-state index contributed by atoms with van der Waals surface area (Å²) in [5.41, 5.74) is 2.46. The second kappa shape index (κ2) is 8.71. The lowest BCUT2D eigenvalue weighted by Gasteiger charge is -2.15. The van der Waals surface area contributed by atoms with Gasteiger partial charge in [0.05, 0.1) is 32.0 Å². The number of pyridine rings is 1. The zero-order valence-electron chi connectivity index (χ0n) is 17.2. The van der Waals surface area contributed by atoms with E-state index < -0.39 is 5.91 Å². The number of amides is 2. The molecule has 0 atom stereocenters. The molecule has 2 amide bonds. The van der Waals surface area contributed by atoms with Crippen molar-refractivity contribution in [1.29, 1.82) is 0 Å². The molecule has 0 radical (unpaired) electrons. The van der Waals surface area contributed by atoms with Gasteiger partial charge in [0.15, 0.2) is 0 Å². The number of carbonyl (C=O) groups is 2. The number of nitrogens with one attached hydrogen (secondary N) is 1. The van der Waals surface area contributed by atoms with Gasteiger partial charge in [0.25, 0.3) is 11.8 Å². The molecule has 156 valence electrons. The molecule has 2 aromatic carbocycles. The largest absolute Gasteiger partial charge is 0.497 e. The quantitative estimate of drug-likeness (QED) is 0.595. The molecular weight excluding hydrogens is 394 g/mol. The van der Waals surface area contributed by atoms with Crippen molar-refractivity contribution in [2.45, 2.75) is 6.54 Å². The molecule has 1 N–H and O–H groups in total. The summed E-state index contributed by atoms with van der Waals surface area (Å²) in [6.45, 7) is 0.127. The standard InChI is InChI=1S/C24H21N3O4/c1-30-18-11-9-17(10-12-18)21-22(26-19-7-3-4-8-20(19)31-2)24(29)27(23(21)28)15-16-6-5-13-25-14-16/h3-14,26H,15H2,1-2H3. The maximum atomic E-state index is 13.4. The first-order valence-electron chi connectivity index (χ1n) is 9.66. The Morgan fingerprint density at radius 1 is 0.903 bits per heavy atom. The number of benzene rings is 2. The average Bonchev–Trinajstić information content (AvgIpc) is 3.04. The molecule has 2 heterocycles. The third kappa shape index (κ3) is 3.98. The first-order chi connectivity index (χ1) is 15.1. The predicted octanol–water partition coefficient (Wildman–Crippen LogP) is 3.49. The zero-order valence-corrected chi connectivity index (χ0v) is 17.2. The lowest BCUT2D eigenvalue weighted by Crippen LogP contribution is -2.32. The Labute approximate surface area is 179 Å². The Kier molecular flexibility index (Phi) is 5.66. The fraction of sp³-hybridized carbons (Fsp3) is 0.125. The summed E-state index contributed by atoms with van der Waals surface area (Å²) < 4.78 is 10.6. The minimum absolute atomic E-state index is 0.127. The van der Waals surface area contributed by atoms with Crippen LogP contribution in [0.15, 0.2) is 78.8 Å². The molecule has 1 aromatic heterocycles.